The summed E-state index contributed by atoms with van der Waals surface area (Å²) in [7, 11) is 0. The first-order valence-electron chi connectivity index (χ1n) is 4.95. The lowest BCUT2D eigenvalue weighted by Crippen LogP contribution is -2.14. The maximum Gasteiger partial charge on any atom is 0.146 e. The Morgan fingerprint density at radius 1 is 1.40 bits per heavy atom. The Balaban J connectivity index is 2.12. The van der Waals surface area contributed by atoms with Crippen LogP contribution in [0.5, 0.6) is 0 Å². The van der Waals surface area contributed by atoms with Crippen molar-refractivity contribution in [3.63, 3.8) is 0 Å². The molecule has 0 fully saturated rings. The standard InChI is InChI=1S/C11H13N3O/c12-7-8(15)5-6-11-13-9-3-1-2-4-10(9)14-11/h1-4H,5-7,12H2,(H,13,14). The Bertz CT molecular complexity index is 442. The number of H-pyrrole nitrogens is 1. The number of hydrogen-bond acceptors (Lipinski definition) is 3. The average Bonchev–Trinajstić information content (AvgIpc) is 2.68. The van der Waals surface area contributed by atoms with Crippen LogP contribution in [0.4, 0.5) is 0 Å². The molecule has 0 atom stereocenters. The van der Waals surface area contributed by atoms with Gasteiger partial charge in [-0.25, -0.2) is 4.98 Å². The molecule has 4 heteroatoms. The van der Waals surface area contributed by atoms with Crippen molar-refractivity contribution < 1.29 is 4.79 Å². The van der Waals surface area contributed by atoms with Gasteiger partial charge in [-0.2, -0.15) is 0 Å². The van der Waals surface area contributed by atoms with Crippen LogP contribution in [0.2, 0.25) is 0 Å². The molecule has 0 aliphatic rings. The molecule has 1 aromatic carbocycles. The van der Waals surface area contributed by atoms with E-state index in [-0.39, 0.29) is 12.3 Å². The molecule has 0 aliphatic carbocycles. The number of rotatable bonds is 4. The van der Waals surface area contributed by atoms with Gasteiger partial charge in [0, 0.05) is 12.8 Å². The minimum Gasteiger partial charge on any atom is -0.342 e. The first kappa shape index (κ1) is 9.86. The number of Topliss-reactive ketones (excluding diaryl/α,β-unsaturated/α-hetero) is 1. The molecule has 1 heterocycles. The molecule has 0 radical (unpaired) electrons. The topological polar surface area (TPSA) is 71.8 Å². The molecule has 0 saturated heterocycles. The molecule has 4 nitrogen and oxygen atoms in total. The molecule has 0 saturated carbocycles. The van der Waals surface area contributed by atoms with E-state index in [2.05, 4.69) is 9.97 Å². The van der Waals surface area contributed by atoms with Crippen LogP contribution in [0, 0.1) is 0 Å². The van der Waals surface area contributed by atoms with Gasteiger partial charge in [-0.15, -0.1) is 0 Å². The predicted molar refractivity (Wildman–Crippen MR) is 58.5 cm³/mol. The number of carbonyl (C=O) groups excluding carboxylic acids is 1. The van der Waals surface area contributed by atoms with Crippen LogP contribution in [0.3, 0.4) is 0 Å². The van der Waals surface area contributed by atoms with Crippen molar-refractivity contribution in [3.8, 4) is 0 Å². The maximum atomic E-state index is 11.0. The zero-order valence-electron chi connectivity index (χ0n) is 8.36. The zero-order chi connectivity index (χ0) is 10.7. The number of para-hydroxylation sites is 2. The highest BCUT2D eigenvalue weighted by molar-refractivity contribution is 5.80. The number of benzene rings is 1. The van der Waals surface area contributed by atoms with Crippen LogP contribution in [0.15, 0.2) is 24.3 Å². The molecule has 3 N–H and O–H groups in total. The number of nitrogens with two attached hydrogens (primary N) is 1. The molecular formula is C11H13N3O. The van der Waals surface area contributed by atoms with Gasteiger partial charge in [-0.1, -0.05) is 12.1 Å². The summed E-state index contributed by atoms with van der Waals surface area (Å²) in [4.78, 5) is 18.6. The summed E-state index contributed by atoms with van der Waals surface area (Å²) in [6.45, 7) is 0.111. The minimum absolute atomic E-state index is 0.0652. The second-order valence-corrected chi connectivity index (χ2v) is 3.44. The lowest BCUT2D eigenvalue weighted by molar-refractivity contribution is -0.117. The van der Waals surface area contributed by atoms with Gasteiger partial charge in [0.1, 0.15) is 11.6 Å². The number of carbonyl (C=O) groups is 1. The largest absolute Gasteiger partial charge is 0.342 e. The van der Waals surface area contributed by atoms with E-state index in [0.717, 1.165) is 16.9 Å². The predicted octanol–water partition coefficient (Wildman–Crippen LogP) is 1.02. The van der Waals surface area contributed by atoms with Gasteiger partial charge in [-0.05, 0) is 12.1 Å². The van der Waals surface area contributed by atoms with Crippen molar-refractivity contribution in [2.75, 3.05) is 6.54 Å². The number of nitrogens with one attached hydrogen (secondary N) is 1. The Morgan fingerprint density at radius 2 is 2.20 bits per heavy atom. The monoisotopic (exact) mass is 203 g/mol. The van der Waals surface area contributed by atoms with E-state index in [9.17, 15) is 4.79 Å². The van der Waals surface area contributed by atoms with E-state index in [1.54, 1.807) is 0 Å². The van der Waals surface area contributed by atoms with Crippen molar-refractivity contribution in [1.82, 2.24) is 9.97 Å². The third-order valence-corrected chi connectivity index (χ3v) is 2.31. The molecule has 78 valence electrons. The van der Waals surface area contributed by atoms with Gasteiger partial charge in [0.15, 0.2) is 0 Å². The van der Waals surface area contributed by atoms with Crippen molar-refractivity contribution in [3.05, 3.63) is 30.1 Å². The quantitative estimate of drug-likeness (QED) is 0.779. The summed E-state index contributed by atoms with van der Waals surface area (Å²) < 4.78 is 0. The summed E-state index contributed by atoms with van der Waals surface area (Å²) in [5.41, 5.74) is 7.18. The summed E-state index contributed by atoms with van der Waals surface area (Å²) in [5.74, 6) is 0.911. The molecule has 0 aliphatic heterocycles. The van der Waals surface area contributed by atoms with Crippen LogP contribution < -0.4 is 5.73 Å². The fraction of sp³-hybridized carbons (Fsp3) is 0.273. The van der Waals surface area contributed by atoms with Gasteiger partial charge in [0.05, 0.1) is 17.6 Å². The van der Waals surface area contributed by atoms with E-state index in [1.165, 1.54) is 0 Å². The van der Waals surface area contributed by atoms with Crippen LogP contribution in [0.25, 0.3) is 11.0 Å². The van der Waals surface area contributed by atoms with Crippen LogP contribution >= 0.6 is 0 Å². The van der Waals surface area contributed by atoms with Crippen molar-refractivity contribution in [1.29, 1.82) is 0 Å². The molecule has 1 aromatic heterocycles. The van der Waals surface area contributed by atoms with E-state index in [1.807, 2.05) is 24.3 Å². The lowest BCUT2D eigenvalue weighted by Gasteiger charge is -1.93. The number of aromatic nitrogens is 2. The number of aromatic amines is 1. The smallest absolute Gasteiger partial charge is 0.146 e. The number of aryl methyl sites for hydroxylation is 1. The first-order chi connectivity index (χ1) is 7.29. The summed E-state index contributed by atoms with van der Waals surface area (Å²) in [6.07, 6.45) is 1.08. The summed E-state index contributed by atoms with van der Waals surface area (Å²) in [5, 5.41) is 0. The highest BCUT2D eigenvalue weighted by Gasteiger charge is 2.04. The summed E-state index contributed by atoms with van der Waals surface area (Å²) in [6, 6.07) is 7.81. The Labute approximate surface area is 87.5 Å². The molecule has 0 amide bonds. The second kappa shape index (κ2) is 4.23. The van der Waals surface area contributed by atoms with Crippen molar-refractivity contribution in [2.45, 2.75) is 12.8 Å². The number of fused-ring (bicyclic) bond motifs is 1. The van der Waals surface area contributed by atoms with Crippen molar-refractivity contribution in [2.24, 2.45) is 5.73 Å². The summed E-state index contributed by atoms with van der Waals surface area (Å²) >= 11 is 0. The van der Waals surface area contributed by atoms with Crippen LogP contribution in [0.1, 0.15) is 12.2 Å². The Morgan fingerprint density at radius 3 is 2.93 bits per heavy atom. The lowest BCUT2D eigenvalue weighted by atomic mass is 10.2. The SMILES string of the molecule is NCC(=O)CCc1nc2ccccc2[nH]1. The first-order valence-corrected chi connectivity index (χ1v) is 4.95. The van der Waals surface area contributed by atoms with Gasteiger partial charge in [0.25, 0.3) is 0 Å². The van der Waals surface area contributed by atoms with Gasteiger partial charge in [0.2, 0.25) is 0 Å². The number of imidazole rings is 1. The Hall–Kier alpha value is -1.68. The van der Waals surface area contributed by atoms with Crippen LogP contribution in [-0.2, 0) is 11.2 Å². The number of hydrogen-bond donors (Lipinski definition) is 2. The van der Waals surface area contributed by atoms with E-state index < -0.39 is 0 Å². The average molecular weight is 203 g/mol. The van der Waals surface area contributed by atoms with Crippen LogP contribution in [-0.4, -0.2) is 22.3 Å². The Kier molecular flexibility index (Phi) is 2.78. The highest BCUT2D eigenvalue weighted by Crippen LogP contribution is 2.11. The van der Waals surface area contributed by atoms with E-state index in [4.69, 9.17) is 5.73 Å². The number of nitrogens with zero attached hydrogens (tertiary/aromatic N) is 1. The minimum atomic E-state index is 0.0652. The molecule has 15 heavy (non-hydrogen) atoms. The molecule has 0 unspecified atom stereocenters. The molecule has 0 spiro atoms. The van der Waals surface area contributed by atoms with Gasteiger partial charge < -0.3 is 10.7 Å². The molecular weight excluding hydrogens is 190 g/mol. The third-order valence-electron chi connectivity index (χ3n) is 2.31. The second-order valence-electron chi connectivity index (χ2n) is 3.44. The van der Waals surface area contributed by atoms with E-state index in [0.29, 0.717) is 12.8 Å². The number of ketones is 1. The fourth-order valence-electron chi connectivity index (χ4n) is 1.48. The van der Waals surface area contributed by atoms with Crippen molar-refractivity contribution >= 4 is 16.8 Å². The van der Waals surface area contributed by atoms with Gasteiger partial charge >= 0.3 is 0 Å². The van der Waals surface area contributed by atoms with Gasteiger partial charge in [-0.3, -0.25) is 4.79 Å². The highest BCUT2D eigenvalue weighted by atomic mass is 16.1. The normalized spacial score (nSPS) is 10.7. The molecule has 0 bridgehead atoms. The fourth-order valence-corrected chi connectivity index (χ4v) is 1.48. The molecule has 2 aromatic rings. The van der Waals surface area contributed by atoms with E-state index >= 15 is 0 Å². The maximum absolute atomic E-state index is 11.0. The molecule has 2 rings (SSSR count). The third kappa shape index (κ3) is 2.22. The zero-order valence-corrected chi connectivity index (χ0v) is 8.36.